The van der Waals surface area contributed by atoms with Crippen LogP contribution in [0.5, 0.6) is 5.75 Å². The molecule has 2 rings (SSSR count). The Balaban J connectivity index is 2.18. The second-order valence-electron chi connectivity index (χ2n) is 2.98. The van der Waals surface area contributed by atoms with E-state index in [2.05, 4.69) is 26.1 Å². The summed E-state index contributed by atoms with van der Waals surface area (Å²) >= 11 is 8.91. The lowest BCUT2D eigenvalue weighted by Gasteiger charge is -1.99. The third-order valence-corrected chi connectivity index (χ3v) is 2.85. The van der Waals surface area contributed by atoms with Gasteiger partial charge in [0, 0.05) is 0 Å². The third kappa shape index (κ3) is 2.49. The normalized spacial score (nSPS) is 10.5. The smallest absolute Gasteiger partial charge is 0.185 e. The van der Waals surface area contributed by atoms with E-state index in [9.17, 15) is 0 Å². The van der Waals surface area contributed by atoms with Gasteiger partial charge in [-0.25, -0.2) is 0 Å². The van der Waals surface area contributed by atoms with Crippen LogP contribution in [0.1, 0.15) is 5.56 Å². The molecule has 0 unspecified atom stereocenters. The van der Waals surface area contributed by atoms with Crippen molar-refractivity contribution >= 4 is 27.5 Å². The highest BCUT2D eigenvalue weighted by molar-refractivity contribution is 9.10. The number of rotatable bonds is 2. The largest absolute Gasteiger partial charge is 0.508 e. The summed E-state index contributed by atoms with van der Waals surface area (Å²) in [6, 6.07) is 6.85. The average Bonchev–Trinajstić information content (AvgIpc) is 2.50. The molecule has 0 spiro atoms. The van der Waals surface area contributed by atoms with Crippen molar-refractivity contribution in [2.24, 2.45) is 0 Å². The predicted octanol–water partition coefficient (Wildman–Crippen LogP) is 2.45. The molecule has 6 heteroatoms. The first kappa shape index (κ1) is 10.4. The van der Waals surface area contributed by atoms with Crippen LogP contribution >= 0.6 is 27.5 Å². The molecule has 0 radical (unpaired) electrons. The maximum atomic E-state index is 9.10. The van der Waals surface area contributed by atoms with Gasteiger partial charge in [0.2, 0.25) is 0 Å². The summed E-state index contributed by atoms with van der Waals surface area (Å²) < 4.78 is 0.531. The molecular formula is C9H7BrClN3O. The lowest BCUT2D eigenvalue weighted by molar-refractivity contribution is 0.474. The van der Waals surface area contributed by atoms with Crippen molar-refractivity contribution in [2.75, 3.05) is 0 Å². The molecule has 0 aliphatic heterocycles. The van der Waals surface area contributed by atoms with Crippen LogP contribution in [-0.4, -0.2) is 20.1 Å². The van der Waals surface area contributed by atoms with Crippen LogP contribution in [0.4, 0.5) is 0 Å². The van der Waals surface area contributed by atoms with Gasteiger partial charge >= 0.3 is 0 Å². The molecular weight excluding hydrogens is 281 g/mol. The lowest BCUT2D eigenvalue weighted by Crippen LogP contribution is -2.03. The summed E-state index contributed by atoms with van der Waals surface area (Å²) in [6.45, 7) is 0.519. The number of hydrogen-bond donors (Lipinski definition) is 1. The first-order valence-corrected chi connectivity index (χ1v) is 5.36. The van der Waals surface area contributed by atoms with E-state index < -0.39 is 0 Å². The Morgan fingerprint density at radius 1 is 1.27 bits per heavy atom. The Bertz CT molecular complexity index is 449. The average molecular weight is 289 g/mol. The van der Waals surface area contributed by atoms with E-state index in [1.807, 2.05) is 0 Å². The minimum Gasteiger partial charge on any atom is -0.508 e. The molecule has 0 saturated carbocycles. The Morgan fingerprint density at radius 3 is 2.47 bits per heavy atom. The van der Waals surface area contributed by atoms with Crippen molar-refractivity contribution in [3.63, 3.8) is 0 Å². The Hall–Kier alpha value is -1.07. The van der Waals surface area contributed by atoms with Gasteiger partial charge in [-0.2, -0.15) is 4.80 Å². The molecule has 15 heavy (non-hydrogen) atoms. The molecule has 1 heterocycles. The van der Waals surface area contributed by atoms with E-state index in [0.29, 0.717) is 16.3 Å². The van der Waals surface area contributed by atoms with Crippen LogP contribution in [0.3, 0.4) is 0 Å². The summed E-state index contributed by atoms with van der Waals surface area (Å²) in [5.41, 5.74) is 0.993. The van der Waals surface area contributed by atoms with Crippen LogP contribution in [0.25, 0.3) is 0 Å². The van der Waals surface area contributed by atoms with Gasteiger partial charge in [0.05, 0.1) is 6.54 Å². The summed E-state index contributed by atoms with van der Waals surface area (Å²) in [5.74, 6) is 0.242. The van der Waals surface area contributed by atoms with Gasteiger partial charge in [-0.3, -0.25) is 0 Å². The van der Waals surface area contributed by atoms with Gasteiger partial charge in [-0.05, 0) is 33.6 Å². The molecule has 0 amide bonds. The summed E-state index contributed by atoms with van der Waals surface area (Å²) in [4.78, 5) is 1.48. The topological polar surface area (TPSA) is 50.9 Å². The lowest BCUT2D eigenvalue weighted by atomic mass is 10.2. The Morgan fingerprint density at radius 2 is 1.93 bits per heavy atom. The van der Waals surface area contributed by atoms with Gasteiger partial charge in [0.1, 0.15) is 5.75 Å². The third-order valence-electron chi connectivity index (χ3n) is 1.84. The Labute approximate surface area is 99.6 Å². The maximum absolute atomic E-state index is 9.10. The highest BCUT2D eigenvalue weighted by Gasteiger charge is 2.05. The molecule has 1 N–H and O–H groups in total. The first-order chi connectivity index (χ1) is 7.15. The van der Waals surface area contributed by atoms with Gasteiger partial charge in [-0.1, -0.05) is 23.7 Å². The molecule has 0 saturated heterocycles. The van der Waals surface area contributed by atoms with Gasteiger partial charge in [-0.15, -0.1) is 10.2 Å². The molecule has 0 atom stereocenters. The number of aromatic hydroxyl groups is 1. The van der Waals surface area contributed by atoms with E-state index in [0.717, 1.165) is 5.56 Å². The minimum absolute atomic E-state index is 0.242. The number of aromatic nitrogens is 3. The van der Waals surface area contributed by atoms with Crippen molar-refractivity contribution in [3.8, 4) is 5.75 Å². The monoisotopic (exact) mass is 287 g/mol. The zero-order chi connectivity index (χ0) is 10.8. The number of halogens is 2. The van der Waals surface area contributed by atoms with Gasteiger partial charge in [0.15, 0.2) is 9.76 Å². The number of hydrogen-bond acceptors (Lipinski definition) is 3. The molecule has 0 aliphatic carbocycles. The SMILES string of the molecule is Oc1ccc(Cn2nc(Cl)c(Br)n2)cc1. The first-order valence-electron chi connectivity index (χ1n) is 4.19. The summed E-state index contributed by atoms with van der Waals surface area (Å²) in [5, 5.41) is 17.5. The highest BCUT2D eigenvalue weighted by Crippen LogP contribution is 2.17. The molecule has 4 nitrogen and oxygen atoms in total. The zero-order valence-corrected chi connectivity index (χ0v) is 9.90. The van der Waals surface area contributed by atoms with E-state index >= 15 is 0 Å². The van der Waals surface area contributed by atoms with Crippen LogP contribution in [-0.2, 0) is 6.54 Å². The second kappa shape index (κ2) is 4.20. The van der Waals surface area contributed by atoms with Gasteiger partial charge in [0.25, 0.3) is 0 Å². The van der Waals surface area contributed by atoms with Crippen LogP contribution in [0, 0.1) is 0 Å². The maximum Gasteiger partial charge on any atom is 0.185 e. The standard InChI is InChI=1S/C9H7BrClN3O/c10-8-9(11)13-14(12-8)5-6-1-3-7(15)4-2-6/h1-4,15H,5H2. The van der Waals surface area contributed by atoms with Crippen LogP contribution in [0.15, 0.2) is 28.9 Å². The van der Waals surface area contributed by atoms with Crippen molar-refractivity contribution in [3.05, 3.63) is 39.6 Å². The molecule has 1 aromatic heterocycles. The van der Waals surface area contributed by atoms with E-state index in [4.69, 9.17) is 16.7 Å². The molecule has 0 aliphatic rings. The molecule has 0 bridgehead atoms. The molecule has 2 aromatic rings. The number of phenolic OH excluding ortho intramolecular Hbond substituents is 1. The van der Waals surface area contributed by atoms with E-state index in [1.165, 1.54) is 4.80 Å². The number of phenols is 1. The summed E-state index contributed by atoms with van der Waals surface area (Å²) in [6.07, 6.45) is 0. The van der Waals surface area contributed by atoms with Crippen molar-refractivity contribution in [2.45, 2.75) is 6.54 Å². The second-order valence-corrected chi connectivity index (χ2v) is 4.09. The van der Waals surface area contributed by atoms with E-state index in [1.54, 1.807) is 24.3 Å². The predicted molar refractivity (Wildman–Crippen MR) is 59.9 cm³/mol. The van der Waals surface area contributed by atoms with Crippen LogP contribution in [0.2, 0.25) is 5.15 Å². The van der Waals surface area contributed by atoms with Crippen molar-refractivity contribution in [1.29, 1.82) is 0 Å². The van der Waals surface area contributed by atoms with Crippen molar-refractivity contribution < 1.29 is 5.11 Å². The number of nitrogens with zero attached hydrogens (tertiary/aromatic N) is 3. The number of benzene rings is 1. The highest BCUT2D eigenvalue weighted by atomic mass is 79.9. The van der Waals surface area contributed by atoms with E-state index in [-0.39, 0.29) is 5.75 Å². The zero-order valence-electron chi connectivity index (χ0n) is 7.56. The fraction of sp³-hybridized carbons (Fsp3) is 0.111. The molecule has 0 fully saturated rings. The molecule has 78 valence electrons. The molecule has 1 aromatic carbocycles. The summed E-state index contributed by atoms with van der Waals surface area (Å²) in [7, 11) is 0. The minimum atomic E-state index is 0.242. The van der Waals surface area contributed by atoms with Gasteiger partial charge < -0.3 is 5.11 Å². The fourth-order valence-corrected chi connectivity index (χ4v) is 1.53. The van der Waals surface area contributed by atoms with Crippen LogP contribution < -0.4 is 0 Å². The van der Waals surface area contributed by atoms with Crippen molar-refractivity contribution in [1.82, 2.24) is 15.0 Å². The Kier molecular flexibility index (Phi) is 2.93. The fourth-order valence-electron chi connectivity index (χ4n) is 1.14. The quantitative estimate of drug-likeness (QED) is 0.923.